The number of anilines is 1. The van der Waals surface area contributed by atoms with E-state index in [0.717, 1.165) is 29.5 Å². The van der Waals surface area contributed by atoms with Gasteiger partial charge in [0, 0.05) is 17.2 Å². The van der Waals surface area contributed by atoms with E-state index in [1.807, 2.05) is 0 Å². The van der Waals surface area contributed by atoms with Crippen LogP contribution in [0.1, 0.15) is 24.8 Å². The van der Waals surface area contributed by atoms with Gasteiger partial charge in [0.2, 0.25) is 0 Å². The summed E-state index contributed by atoms with van der Waals surface area (Å²) in [5.41, 5.74) is 6.82. The molecule has 3 heteroatoms. The molecule has 3 atom stereocenters. The van der Waals surface area contributed by atoms with Gasteiger partial charge in [-0.15, -0.1) is 0 Å². The summed E-state index contributed by atoms with van der Waals surface area (Å²) in [7, 11) is 0. The van der Waals surface area contributed by atoms with Gasteiger partial charge >= 0.3 is 0 Å². The number of hydrogen-bond donors (Lipinski definition) is 0. The van der Waals surface area contributed by atoms with Gasteiger partial charge in [-0.3, -0.25) is 0 Å². The molecule has 3 aliphatic carbocycles. The zero-order chi connectivity index (χ0) is 18.0. The third-order valence-electron chi connectivity index (χ3n) is 6.29. The van der Waals surface area contributed by atoms with Gasteiger partial charge in [0.05, 0.1) is 16.2 Å². The van der Waals surface area contributed by atoms with Crippen LogP contribution in [0.5, 0.6) is 0 Å². The summed E-state index contributed by atoms with van der Waals surface area (Å²) in [4.78, 5) is 2.53. The van der Waals surface area contributed by atoms with Gasteiger partial charge in [-0.25, -0.2) is 0 Å². The highest BCUT2D eigenvalue weighted by Gasteiger charge is 2.45. The monoisotopic (exact) mass is 417 g/mol. The van der Waals surface area contributed by atoms with Crippen molar-refractivity contribution in [1.82, 2.24) is 0 Å². The Morgan fingerprint density at radius 1 is 1.11 bits per heavy atom. The highest BCUT2D eigenvalue weighted by Crippen LogP contribution is 2.51. The molecule has 0 spiro atoms. The van der Waals surface area contributed by atoms with Crippen LogP contribution in [0.2, 0.25) is 0 Å². The van der Waals surface area contributed by atoms with E-state index in [4.69, 9.17) is 4.74 Å². The molecular formula is C24H20BrNO. The van der Waals surface area contributed by atoms with E-state index < -0.39 is 0 Å². The summed E-state index contributed by atoms with van der Waals surface area (Å²) in [6.07, 6.45) is 19.1. The summed E-state index contributed by atoms with van der Waals surface area (Å²) < 4.78 is 7.69. The minimum absolute atomic E-state index is 0.0670. The number of ether oxygens (including phenoxy) is 1. The molecular weight excluding hydrogens is 398 g/mol. The van der Waals surface area contributed by atoms with Gasteiger partial charge in [0.1, 0.15) is 11.9 Å². The minimum Gasteiger partial charge on any atom is -0.482 e. The average molecular weight is 418 g/mol. The molecule has 5 aliphatic rings. The number of hydrogen-bond acceptors (Lipinski definition) is 2. The van der Waals surface area contributed by atoms with E-state index in [0.29, 0.717) is 12.0 Å². The molecule has 0 bridgehead atoms. The van der Waals surface area contributed by atoms with Gasteiger partial charge in [-0.2, -0.15) is 0 Å². The zero-order valence-electron chi connectivity index (χ0n) is 14.9. The van der Waals surface area contributed by atoms with Crippen LogP contribution in [-0.2, 0) is 4.74 Å². The van der Waals surface area contributed by atoms with Crippen LogP contribution < -0.4 is 4.90 Å². The number of para-hydroxylation sites is 1. The second-order valence-electron chi connectivity index (χ2n) is 7.67. The molecule has 0 N–H and O–H groups in total. The fourth-order valence-electron chi connectivity index (χ4n) is 5.14. The smallest absolute Gasteiger partial charge is 0.149 e. The fourth-order valence-corrected chi connectivity index (χ4v) is 5.72. The fraction of sp³-hybridized carbons (Fsp3) is 0.250. The first-order valence-corrected chi connectivity index (χ1v) is 10.5. The van der Waals surface area contributed by atoms with E-state index in [9.17, 15) is 0 Å². The Morgan fingerprint density at radius 2 is 2.04 bits per heavy atom. The van der Waals surface area contributed by atoms with Crippen LogP contribution in [0.15, 0.2) is 88.3 Å². The van der Waals surface area contributed by atoms with E-state index in [-0.39, 0.29) is 6.10 Å². The van der Waals surface area contributed by atoms with Crippen LogP contribution in [0.25, 0.3) is 5.57 Å². The molecule has 0 amide bonds. The first-order valence-electron chi connectivity index (χ1n) is 9.72. The van der Waals surface area contributed by atoms with Gasteiger partial charge in [-0.05, 0) is 58.5 Å². The lowest BCUT2D eigenvalue weighted by Gasteiger charge is -2.36. The van der Waals surface area contributed by atoms with Crippen LogP contribution >= 0.6 is 15.9 Å². The van der Waals surface area contributed by atoms with Crippen LogP contribution in [0, 0.1) is 5.92 Å². The lowest BCUT2D eigenvalue weighted by Crippen LogP contribution is -2.39. The van der Waals surface area contributed by atoms with Gasteiger partial charge in [0.15, 0.2) is 0 Å². The van der Waals surface area contributed by atoms with Crippen LogP contribution in [0.4, 0.5) is 5.69 Å². The number of benzene rings is 1. The van der Waals surface area contributed by atoms with Gasteiger partial charge in [0.25, 0.3) is 0 Å². The molecule has 0 saturated heterocycles. The SMILES string of the molecule is BrC1=CCCC2=C1OC1C(N3c4ccccc4C4=CC=CCC43)=CC=CC21. The highest BCUT2D eigenvalue weighted by atomic mass is 79.9. The number of rotatable bonds is 1. The molecule has 2 heterocycles. The molecule has 0 fully saturated rings. The maximum atomic E-state index is 6.57. The summed E-state index contributed by atoms with van der Waals surface area (Å²) in [5.74, 6) is 1.42. The van der Waals surface area contributed by atoms with Crippen molar-refractivity contribution >= 4 is 27.2 Å². The standard InChI is InChI=1S/C24H20BrNO/c25-19-11-5-9-17-18-10-6-14-22(24(18)27-23(17)19)26-20-12-3-1-7-15(20)16-8-2-4-13-21(16)26/h1-4,6-8,10-12,14,18,21,24H,5,9,13H2. The summed E-state index contributed by atoms with van der Waals surface area (Å²) in [5, 5.41) is 0. The Kier molecular flexibility index (Phi) is 3.43. The Labute approximate surface area is 168 Å². The third kappa shape index (κ3) is 2.18. The van der Waals surface area contributed by atoms with Crippen molar-refractivity contribution in [3.63, 3.8) is 0 Å². The molecule has 6 rings (SSSR count). The minimum atomic E-state index is 0.0670. The number of nitrogens with zero attached hydrogens (tertiary/aromatic N) is 1. The lowest BCUT2D eigenvalue weighted by molar-refractivity contribution is 0.158. The van der Waals surface area contributed by atoms with Crippen LogP contribution in [0.3, 0.4) is 0 Å². The Balaban J connectivity index is 1.44. The Hall–Kier alpha value is -2.26. The Bertz CT molecular complexity index is 1020. The van der Waals surface area contributed by atoms with E-state index in [2.05, 4.69) is 87.6 Å². The van der Waals surface area contributed by atoms with Crippen molar-refractivity contribution in [2.75, 3.05) is 4.90 Å². The maximum Gasteiger partial charge on any atom is 0.149 e. The first kappa shape index (κ1) is 15.8. The quantitative estimate of drug-likeness (QED) is 0.554. The molecule has 2 nitrogen and oxygen atoms in total. The second kappa shape index (κ2) is 5.87. The first-order chi connectivity index (χ1) is 13.3. The molecule has 27 heavy (non-hydrogen) atoms. The van der Waals surface area contributed by atoms with Crippen LogP contribution in [-0.4, -0.2) is 12.1 Å². The van der Waals surface area contributed by atoms with Gasteiger partial charge in [-0.1, -0.05) is 54.7 Å². The Morgan fingerprint density at radius 3 is 3.00 bits per heavy atom. The third-order valence-corrected chi connectivity index (χ3v) is 6.97. The van der Waals surface area contributed by atoms with Gasteiger partial charge < -0.3 is 9.64 Å². The van der Waals surface area contributed by atoms with E-state index in [1.54, 1.807) is 0 Å². The molecule has 0 saturated carbocycles. The predicted molar refractivity (Wildman–Crippen MR) is 113 cm³/mol. The van der Waals surface area contributed by atoms with Crippen molar-refractivity contribution < 1.29 is 4.74 Å². The summed E-state index contributed by atoms with van der Waals surface area (Å²) in [6, 6.07) is 9.16. The topological polar surface area (TPSA) is 12.5 Å². The molecule has 1 aromatic carbocycles. The molecule has 134 valence electrons. The zero-order valence-corrected chi connectivity index (χ0v) is 16.5. The molecule has 0 aromatic heterocycles. The number of allylic oxidation sites excluding steroid dienone is 6. The molecule has 2 aliphatic heterocycles. The van der Waals surface area contributed by atoms with Crippen molar-refractivity contribution in [1.29, 1.82) is 0 Å². The van der Waals surface area contributed by atoms with E-state index >= 15 is 0 Å². The largest absolute Gasteiger partial charge is 0.482 e. The van der Waals surface area contributed by atoms with Crippen molar-refractivity contribution in [2.24, 2.45) is 5.92 Å². The molecule has 0 radical (unpaired) electrons. The van der Waals surface area contributed by atoms with Crippen molar-refractivity contribution in [3.8, 4) is 0 Å². The predicted octanol–water partition coefficient (Wildman–Crippen LogP) is 6.01. The second-order valence-corrected chi connectivity index (χ2v) is 8.53. The summed E-state index contributed by atoms with van der Waals surface area (Å²) >= 11 is 3.72. The van der Waals surface area contributed by atoms with E-state index in [1.165, 1.54) is 28.1 Å². The highest BCUT2D eigenvalue weighted by molar-refractivity contribution is 9.11. The average Bonchev–Trinajstić information content (AvgIpc) is 3.25. The maximum absolute atomic E-state index is 6.57. The van der Waals surface area contributed by atoms with Crippen molar-refractivity contribution in [3.05, 3.63) is 93.9 Å². The number of halogens is 1. The molecule has 3 unspecified atom stereocenters. The number of fused-ring (bicyclic) bond motifs is 5. The normalized spacial score (nSPS) is 30.0. The lowest BCUT2D eigenvalue weighted by atomic mass is 9.85. The molecule has 1 aromatic rings. The summed E-state index contributed by atoms with van der Waals surface area (Å²) in [6.45, 7) is 0. The van der Waals surface area contributed by atoms with Crippen molar-refractivity contribution in [2.45, 2.75) is 31.4 Å².